The van der Waals surface area contributed by atoms with Crippen molar-refractivity contribution in [3.8, 4) is 0 Å². The molecule has 2 fully saturated rings. The van der Waals surface area contributed by atoms with Crippen molar-refractivity contribution in [1.82, 2.24) is 10.2 Å². The maximum Gasteiger partial charge on any atom is 0.325 e. The highest BCUT2D eigenvalue weighted by atomic mass is 16.2. The minimum atomic E-state index is -0.868. The summed E-state index contributed by atoms with van der Waals surface area (Å²) in [7, 11) is 0. The molecule has 0 unspecified atom stereocenters. The van der Waals surface area contributed by atoms with Crippen LogP contribution < -0.4 is 15.5 Å². The zero-order chi connectivity index (χ0) is 20.9. The van der Waals surface area contributed by atoms with Gasteiger partial charge in [0.1, 0.15) is 12.1 Å². The Bertz CT molecular complexity index is 752. The summed E-state index contributed by atoms with van der Waals surface area (Å²) in [6.45, 7) is 5.65. The second-order valence-electron chi connectivity index (χ2n) is 8.02. The number of para-hydroxylation sites is 2. The number of nitrogens with one attached hydrogen (secondary N) is 2. The number of amides is 4. The standard InChI is InChI=1S/C22H32N4O3/c1-3-12-22(13-4-2)20(28)26(21(29)24-22)16-19(27)23-17-10-6-7-11-18(17)25-14-8-5-9-15-25/h6-7,10-11H,3-5,8-9,12-16H2,1-2H3,(H,23,27)(H,24,29). The molecule has 0 atom stereocenters. The Labute approximate surface area is 172 Å². The molecule has 4 amide bonds. The number of benzene rings is 1. The van der Waals surface area contributed by atoms with E-state index in [1.54, 1.807) is 0 Å². The van der Waals surface area contributed by atoms with Gasteiger partial charge in [-0.2, -0.15) is 0 Å². The maximum absolute atomic E-state index is 13.0. The van der Waals surface area contributed by atoms with E-state index in [1.165, 1.54) is 6.42 Å². The Kier molecular flexibility index (Phi) is 6.77. The van der Waals surface area contributed by atoms with Gasteiger partial charge < -0.3 is 15.5 Å². The molecule has 158 valence electrons. The number of carbonyl (C=O) groups is 3. The Morgan fingerprint density at radius 3 is 2.38 bits per heavy atom. The normalized spacial score (nSPS) is 18.7. The van der Waals surface area contributed by atoms with E-state index in [-0.39, 0.29) is 18.4 Å². The van der Waals surface area contributed by atoms with Crippen LogP contribution in [-0.2, 0) is 9.59 Å². The van der Waals surface area contributed by atoms with Crippen LogP contribution in [-0.4, -0.2) is 47.9 Å². The smallest absolute Gasteiger partial charge is 0.325 e. The predicted molar refractivity (Wildman–Crippen MR) is 114 cm³/mol. The van der Waals surface area contributed by atoms with Crippen LogP contribution in [0.4, 0.5) is 16.2 Å². The van der Waals surface area contributed by atoms with Gasteiger partial charge in [-0.25, -0.2) is 4.79 Å². The Hall–Kier alpha value is -2.57. The first kappa shape index (κ1) is 21.1. The summed E-state index contributed by atoms with van der Waals surface area (Å²) >= 11 is 0. The number of imide groups is 1. The molecule has 1 aromatic rings. The quantitative estimate of drug-likeness (QED) is 0.655. The SMILES string of the molecule is CCCC1(CCC)NC(=O)N(CC(=O)Nc2ccccc2N2CCCCC2)C1=O. The van der Waals surface area contributed by atoms with Crippen molar-refractivity contribution in [3.63, 3.8) is 0 Å². The maximum atomic E-state index is 13.0. The zero-order valence-electron chi connectivity index (χ0n) is 17.5. The molecule has 2 N–H and O–H groups in total. The molecule has 0 radical (unpaired) electrons. The molecular weight excluding hydrogens is 368 g/mol. The van der Waals surface area contributed by atoms with E-state index in [0.29, 0.717) is 12.8 Å². The molecule has 2 heterocycles. The Morgan fingerprint density at radius 1 is 1.07 bits per heavy atom. The van der Waals surface area contributed by atoms with Crippen molar-refractivity contribution in [2.45, 2.75) is 64.3 Å². The van der Waals surface area contributed by atoms with Crippen molar-refractivity contribution in [2.24, 2.45) is 0 Å². The van der Waals surface area contributed by atoms with Crippen molar-refractivity contribution in [1.29, 1.82) is 0 Å². The molecule has 1 aromatic carbocycles. The summed E-state index contributed by atoms with van der Waals surface area (Å²) in [6.07, 6.45) is 6.25. The average molecular weight is 401 g/mol. The third-order valence-corrected chi connectivity index (χ3v) is 5.78. The molecule has 3 rings (SSSR count). The molecule has 0 aromatic heterocycles. The van der Waals surface area contributed by atoms with Gasteiger partial charge in [-0.05, 0) is 44.2 Å². The number of anilines is 2. The highest BCUT2D eigenvalue weighted by molar-refractivity contribution is 6.10. The summed E-state index contributed by atoms with van der Waals surface area (Å²) in [6, 6.07) is 7.23. The van der Waals surface area contributed by atoms with E-state index in [0.717, 1.165) is 55.0 Å². The number of carbonyl (C=O) groups excluding carboxylic acids is 3. The van der Waals surface area contributed by atoms with Gasteiger partial charge in [0, 0.05) is 13.1 Å². The van der Waals surface area contributed by atoms with Gasteiger partial charge in [0.15, 0.2) is 0 Å². The molecule has 0 saturated carbocycles. The van der Waals surface area contributed by atoms with Crippen molar-refractivity contribution >= 4 is 29.2 Å². The first-order valence-electron chi connectivity index (χ1n) is 10.8. The van der Waals surface area contributed by atoms with Crippen molar-refractivity contribution in [3.05, 3.63) is 24.3 Å². The van der Waals surface area contributed by atoms with Crippen LogP contribution in [0.15, 0.2) is 24.3 Å². The van der Waals surface area contributed by atoms with Crippen LogP contribution in [0.5, 0.6) is 0 Å². The summed E-state index contributed by atoms with van der Waals surface area (Å²) in [4.78, 5) is 41.5. The largest absolute Gasteiger partial charge is 0.370 e. The number of piperidine rings is 1. The number of hydrogen-bond donors (Lipinski definition) is 2. The fraction of sp³-hybridized carbons (Fsp3) is 0.591. The van der Waals surface area contributed by atoms with Crippen molar-refractivity contribution < 1.29 is 14.4 Å². The summed E-state index contributed by atoms with van der Waals surface area (Å²) in [5.74, 6) is -0.646. The first-order chi connectivity index (χ1) is 14.0. The number of hydrogen-bond acceptors (Lipinski definition) is 4. The van der Waals surface area contributed by atoms with Gasteiger partial charge in [-0.15, -0.1) is 0 Å². The third kappa shape index (κ3) is 4.54. The predicted octanol–water partition coefficient (Wildman–Crippen LogP) is 3.51. The number of rotatable bonds is 8. The monoisotopic (exact) mass is 400 g/mol. The average Bonchev–Trinajstić information content (AvgIpc) is 2.94. The second-order valence-corrected chi connectivity index (χ2v) is 8.02. The second kappa shape index (κ2) is 9.29. The first-order valence-corrected chi connectivity index (χ1v) is 10.8. The lowest BCUT2D eigenvalue weighted by molar-refractivity contribution is -0.134. The lowest BCUT2D eigenvalue weighted by Gasteiger charge is -2.30. The lowest BCUT2D eigenvalue weighted by atomic mass is 9.88. The van der Waals surface area contributed by atoms with E-state index in [1.807, 2.05) is 38.1 Å². The van der Waals surface area contributed by atoms with E-state index < -0.39 is 11.6 Å². The lowest BCUT2D eigenvalue weighted by Crippen LogP contribution is -2.47. The Morgan fingerprint density at radius 2 is 1.72 bits per heavy atom. The molecule has 0 bridgehead atoms. The minimum Gasteiger partial charge on any atom is -0.370 e. The van der Waals surface area contributed by atoms with Crippen molar-refractivity contribution in [2.75, 3.05) is 29.9 Å². The van der Waals surface area contributed by atoms with Gasteiger partial charge in [-0.3, -0.25) is 14.5 Å². The van der Waals surface area contributed by atoms with Crippen LogP contribution in [0.1, 0.15) is 58.8 Å². The van der Waals surface area contributed by atoms with Crippen LogP contribution in [0.3, 0.4) is 0 Å². The van der Waals surface area contributed by atoms with Gasteiger partial charge in [0.2, 0.25) is 5.91 Å². The van der Waals surface area contributed by atoms with Gasteiger partial charge >= 0.3 is 6.03 Å². The molecule has 0 aliphatic carbocycles. The minimum absolute atomic E-state index is 0.270. The molecule has 29 heavy (non-hydrogen) atoms. The molecular formula is C22H32N4O3. The van der Waals surface area contributed by atoms with E-state index in [9.17, 15) is 14.4 Å². The molecule has 2 aliphatic heterocycles. The summed E-state index contributed by atoms with van der Waals surface area (Å²) < 4.78 is 0. The fourth-order valence-electron chi connectivity index (χ4n) is 4.46. The molecule has 7 heteroatoms. The zero-order valence-corrected chi connectivity index (χ0v) is 17.5. The highest BCUT2D eigenvalue weighted by Crippen LogP contribution is 2.30. The highest BCUT2D eigenvalue weighted by Gasteiger charge is 2.50. The molecule has 2 aliphatic rings. The van der Waals surface area contributed by atoms with E-state index >= 15 is 0 Å². The van der Waals surface area contributed by atoms with Gasteiger partial charge in [-0.1, -0.05) is 38.8 Å². The number of nitrogens with zero attached hydrogens (tertiary/aromatic N) is 2. The summed E-state index contributed by atoms with van der Waals surface area (Å²) in [5, 5.41) is 5.76. The molecule has 0 spiro atoms. The third-order valence-electron chi connectivity index (χ3n) is 5.78. The molecule has 2 saturated heterocycles. The van der Waals surface area contributed by atoms with Crippen LogP contribution in [0.25, 0.3) is 0 Å². The van der Waals surface area contributed by atoms with E-state index in [4.69, 9.17) is 0 Å². The van der Waals surface area contributed by atoms with Gasteiger partial charge in [0.05, 0.1) is 11.4 Å². The fourth-order valence-corrected chi connectivity index (χ4v) is 4.46. The number of urea groups is 1. The van der Waals surface area contributed by atoms with Gasteiger partial charge in [0.25, 0.3) is 5.91 Å². The topological polar surface area (TPSA) is 81.8 Å². The van der Waals surface area contributed by atoms with Crippen LogP contribution in [0, 0.1) is 0 Å². The van der Waals surface area contributed by atoms with Crippen LogP contribution >= 0.6 is 0 Å². The van der Waals surface area contributed by atoms with E-state index in [2.05, 4.69) is 15.5 Å². The Balaban J connectivity index is 1.70. The summed E-state index contributed by atoms with van der Waals surface area (Å²) in [5.41, 5.74) is 0.843. The molecule has 7 nitrogen and oxygen atoms in total. The van der Waals surface area contributed by atoms with Crippen LogP contribution in [0.2, 0.25) is 0 Å².